The molecule has 0 saturated carbocycles. The number of carbonyl (C=O) groups excluding carboxylic acids is 2. The number of hydrogen-bond donors (Lipinski definition) is 0. The van der Waals surface area contributed by atoms with Gasteiger partial charge in [-0.3, -0.25) is 19.4 Å². The van der Waals surface area contributed by atoms with Crippen LogP contribution >= 0.6 is 0 Å². The second-order valence-corrected chi connectivity index (χ2v) is 10.6. The molecule has 0 bridgehead atoms. The largest absolute Gasteiger partial charge is 0.464 e. The zero-order valence-electron chi connectivity index (χ0n) is 23.4. The van der Waals surface area contributed by atoms with Gasteiger partial charge in [0.15, 0.2) is 0 Å². The lowest BCUT2D eigenvalue weighted by Gasteiger charge is -2.34. The van der Waals surface area contributed by atoms with Crippen LogP contribution in [0.15, 0.2) is 84.9 Å². The van der Waals surface area contributed by atoms with E-state index in [-0.39, 0.29) is 23.8 Å². The molecular weight excluding hydrogens is 500 g/mol. The van der Waals surface area contributed by atoms with Gasteiger partial charge in [0, 0.05) is 39.3 Å². The molecule has 6 nitrogen and oxygen atoms in total. The molecule has 0 amide bonds. The SMILES string of the molecule is C[C@H](C(=O)OCCN1CCN(CCOC(=O)[C@H](C)c2cccc3ccccc23)CC1)c1cccc2ccccc12. The maximum Gasteiger partial charge on any atom is 0.313 e. The van der Waals surface area contributed by atoms with Crippen LogP contribution in [0.25, 0.3) is 21.5 Å². The van der Waals surface area contributed by atoms with Crippen LogP contribution in [0.5, 0.6) is 0 Å². The summed E-state index contributed by atoms with van der Waals surface area (Å²) in [5.74, 6) is -0.993. The van der Waals surface area contributed by atoms with Crippen LogP contribution in [0.2, 0.25) is 0 Å². The topological polar surface area (TPSA) is 59.1 Å². The van der Waals surface area contributed by atoms with Gasteiger partial charge in [0.25, 0.3) is 0 Å². The summed E-state index contributed by atoms with van der Waals surface area (Å²) in [4.78, 5) is 30.2. The Hall–Kier alpha value is -3.74. The Morgan fingerprint density at radius 3 is 1.40 bits per heavy atom. The van der Waals surface area contributed by atoms with E-state index in [0.29, 0.717) is 13.2 Å². The van der Waals surface area contributed by atoms with Crippen LogP contribution < -0.4 is 0 Å². The van der Waals surface area contributed by atoms with Gasteiger partial charge < -0.3 is 9.47 Å². The smallest absolute Gasteiger partial charge is 0.313 e. The highest BCUT2D eigenvalue weighted by Crippen LogP contribution is 2.27. The molecule has 1 saturated heterocycles. The number of fused-ring (bicyclic) bond motifs is 2. The minimum atomic E-state index is -0.311. The third kappa shape index (κ3) is 6.52. The van der Waals surface area contributed by atoms with Gasteiger partial charge in [0.1, 0.15) is 13.2 Å². The van der Waals surface area contributed by atoms with Crippen molar-refractivity contribution in [2.75, 3.05) is 52.5 Å². The van der Waals surface area contributed by atoms with Gasteiger partial charge in [-0.15, -0.1) is 0 Å². The number of esters is 2. The third-order valence-corrected chi connectivity index (χ3v) is 8.06. The molecule has 0 N–H and O–H groups in total. The molecule has 208 valence electrons. The van der Waals surface area contributed by atoms with Crippen molar-refractivity contribution in [3.63, 3.8) is 0 Å². The normalized spacial score (nSPS) is 16.1. The fraction of sp³-hybridized carbons (Fsp3) is 0.353. The number of nitrogens with zero attached hydrogens (tertiary/aromatic N) is 2. The van der Waals surface area contributed by atoms with Gasteiger partial charge in [0.05, 0.1) is 11.8 Å². The first-order valence-electron chi connectivity index (χ1n) is 14.2. The van der Waals surface area contributed by atoms with Crippen LogP contribution in [0.4, 0.5) is 0 Å². The molecule has 1 aliphatic rings. The van der Waals surface area contributed by atoms with Crippen molar-refractivity contribution < 1.29 is 19.1 Å². The van der Waals surface area contributed by atoms with E-state index in [0.717, 1.165) is 71.9 Å². The monoisotopic (exact) mass is 538 g/mol. The van der Waals surface area contributed by atoms with Gasteiger partial charge in [-0.1, -0.05) is 84.9 Å². The molecule has 0 radical (unpaired) electrons. The maximum absolute atomic E-state index is 12.8. The first kappa shape index (κ1) is 27.8. The molecule has 0 aliphatic carbocycles. The maximum atomic E-state index is 12.8. The predicted octanol–water partition coefficient (Wildman–Crippen LogP) is 5.60. The number of ether oxygens (including phenoxy) is 2. The highest BCUT2D eigenvalue weighted by Gasteiger charge is 2.22. The Balaban J connectivity index is 1.01. The van der Waals surface area contributed by atoms with E-state index in [1.54, 1.807) is 0 Å². The average Bonchev–Trinajstić information content (AvgIpc) is 3.00. The summed E-state index contributed by atoms with van der Waals surface area (Å²) in [7, 11) is 0. The van der Waals surface area contributed by atoms with E-state index in [4.69, 9.17) is 9.47 Å². The number of benzene rings is 4. The second kappa shape index (κ2) is 13.1. The third-order valence-electron chi connectivity index (χ3n) is 8.06. The quantitative estimate of drug-likeness (QED) is 0.245. The number of piperazine rings is 1. The van der Waals surface area contributed by atoms with E-state index >= 15 is 0 Å². The molecule has 0 aromatic heterocycles. The summed E-state index contributed by atoms with van der Waals surface area (Å²) in [5.41, 5.74) is 2.01. The zero-order chi connectivity index (χ0) is 27.9. The molecule has 4 aromatic rings. The molecule has 1 fully saturated rings. The van der Waals surface area contributed by atoms with Crippen LogP contribution in [0, 0.1) is 0 Å². The fourth-order valence-corrected chi connectivity index (χ4v) is 5.55. The van der Waals surface area contributed by atoms with Crippen molar-refractivity contribution in [2.24, 2.45) is 0 Å². The Bertz CT molecular complexity index is 1340. The summed E-state index contributed by atoms with van der Waals surface area (Å²) >= 11 is 0. The molecule has 6 heteroatoms. The van der Waals surface area contributed by atoms with Crippen LogP contribution in [0.3, 0.4) is 0 Å². The van der Waals surface area contributed by atoms with Crippen molar-refractivity contribution in [3.8, 4) is 0 Å². The van der Waals surface area contributed by atoms with E-state index in [1.165, 1.54) is 0 Å². The van der Waals surface area contributed by atoms with Crippen molar-refractivity contribution in [3.05, 3.63) is 96.1 Å². The highest BCUT2D eigenvalue weighted by molar-refractivity contribution is 5.92. The zero-order valence-corrected chi connectivity index (χ0v) is 23.4. The Kier molecular flexibility index (Phi) is 9.09. The summed E-state index contributed by atoms with van der Waals surface area (Å²) in [6.45, 7) is 9.64. The standard InChI is InChI=1S/C34H38N2O4/c1-25(29-15-7-11-27-9-3-5-13-31(27)29)33(37)39-23-21-35-17-19-36(20-18-35)22-24-40-34(38)26(2)30-16-8-12-28-10-4-6-14-32(28)30/h3-16,25-26H,17-24H2,1-2H3/t25-,26+. The first-order chi connectivity index (χ1) is 19.5. The molecule has 0 unspecified atom stereocenters. The molecule has 5 rings (SSSR count). The fourth-order valence-electron chi connectivity index (χ4n) is 5.55. The second-order valence-electron chi connectivity index (χ2n) is 10.6. The van der Waals surface area contributed by atoms with Gasteiger partial charge in [0.2, 0.25) is 0 Å². The van der Waals surface area contributed by atoms with Crippen molar-refractivity contribution in [1.82, 2.24) is 9.80 Å². The van der Waals surface area contributed by atoms with Gasteiger partial charge in [-0.05, 0) is 46.5 Å². The summed E-state index contributed by atoms with van der Waals surface area (Å²) < 4.78 is 11.3. The van der Waals surface area contributed by atoms with E-state index in [1.807, 2.05) is 62.4 Å². The lowest BCUT2D eigenvalue weighted by atomic mass is 9.95. The van der Waals surface area contributed by atoms with Crippen molar-refractivity contribution >= 4 is 33.5 Å². The van der Waals surface area contributed by atoms with Gasteiger partial charge in [-0.2, -0.15) is 0 Å². The molecular formula is C34H38N2O4. The van der Waals surface area contributed by atoms with Crippen LogP contribution in [-0.4, -0.2) is 74.2 Å². The van der Waals surface area contributed by atoms with Gasteiger partial charge >= 0.3 is 11.9 Å². The van der Waals surface area contributed by atoms with E-state index < -0.39 is 0 Å². The van der Waals surface area contributed by atoms with E-state index in [9.17, 15) is 9.59 Å². The minimum absolute atomic E-state index is 0.186. The number of rotatable bonds is 10. The van der Waals surface area contributed by atoms with Crippen molar-refractivity contribution in [1.29, 1.82) is 0 Å². The molecule has 1 heterocycles. The summed E-state index contributed by atoms with van der Waals surface area (Å²) in [6, 6.07) is 28.4. The molecule has 1 aliphatic heterocycles. The molecule has 2 atom stereocenters. The number of carbonyl (C=O) groups is 2. The Morgan fingerprint density at radius 1 is 0.600 bits per heavy atom. The Labute approximate surface area is 236 Å². The molecule has 0 spiro atoms. The lowest BCUT2D eigenvalue weighted by Crippen LogP contribution is -2.48. The Morgan fingerprint density at radius 2 is 0.975 bits per heavy atom. The van der Waals surface area contributed by atoms with E-state index in [2.05, 4.69) is 46.2 Å². The molecule has 4 aromatic carbocycles. The van der Waals surface area contributed by atoms with Crippen LogP contribution in [-0.2, 0) is 19.1 Å². The number of hydrogen-bond acceptors (Lipinski definition) is 6. The summed E-state index contributed by atoms with van der Waals surface area (Å²) in [6.07, 6.45) is 0. The minimum Gasteiger partial charge on any atom is -0.464 e. The van der Waals surface area contributed by atoms with Crippen LogP contribution in [0.1, 0.15) is 36.8 Å². The first-order valence-corrected chi connectivity index (χ1v) is 14.2. The predicted molar refractivity (Wildman–Crippen MR) is 160 cm³/mol. The summed E-state index contributed by atoms with van der Waals surface area (Å²) in [5, 5.41) is 4.46. The van der Waals surface area contributed by atoms with Gasteiger partial charge in [-0.25, -0.2) is 0 Å². The highest BCUT2D eigenvalue weighted by atomic mass is 16.5. The lowest BCUT2D eigenvalue weighted by molar-refractivity contribution is -0.146. The molecule has 40 heavy (non-hydrogen) atoms. The average molecular weight is 539 g/mol. The van der Waals surface area contributed by atoms with Crippen molar-refractivity contribution in [2.45, 2.75) is 25.7 Å².